The van der Waals surface area contributed by atoms with Crippen LogP contribution in [-0.2, 0) is 36.3 Å². The zero-order valence-corrected chi connectivity index (χ0v) is 16.5. The molecule has 0 aromatic carbocycles. The zero-order valence-electron chi connectivity index (χ0n) is 15.7. The van der Waals surface area contributed by atoms with Crippen LogP contribution in [0.5, 0.6) is 0 Å². The molecule has 3 aromatic rings. The number of halogens is 3. The quantitative estimate of drug-likeness (QED) is 0.606. The average Bonchev–Trinajstić information content (AvgIpc) is 3.42. The highest BCUT2D eigenvalue weighted by atomic mass is 32.1. The van der Waals surface area contributed by atoms with E-state index < -0.39 is 12.1 Å². The van der Waals surface area contributed by atoms with Crippen molar-refractivity contribution in [2.45, 2.75) is 32.0 Å². The lowest BCUT2D eigenvalue weighted by atomic mass is 10.2. The van der Waals surface area contributed by atoms with Gasteiger partial charge in [0.2, 0.25) is 0 Å². The number of carboxylic acids is 1. The molecule has 4 rings (SSSR count). The van der Waals surface area contributed by atoms with Gasteiger partial charge in [0.1, 0.15) is 10.7 Å². The van der Waals surface area contributed by atoms with Crippen molar-refractivity contribution in [2.24, 2.45) is 7.05 Å². The van der Waals surface area contributed by atoms with Crippen molar-refractivity contribution >= 4 is 17.3 Å². The lowest BCUT2D eigenvalue weighted by Gasteiger charge is -2.24. The van der Waals surface area contributed by atoms with Gasteiger partial charge in [-0.1, -0.05) is 5.21 Å². The molecular weight excluding hydrogens is 427 g/mol. The van der Waals surface area contributed by atoms with Gasteiger partial charge in [0.25, 0.3) is 0 Å². The van der Waals surface area contributed by atoms with Crippen LogP contribution in [0, 0.1) is 0 Å². The van der Waals surface area contributed by atoms with Crippen LogP contribution in [0.15, 0.2) is 23.8 Å². The van der Waals surface area contributed by atoms with Crippen LogP contribution in [0.4, 0.5) is 13.2 Å². The number of nitrogens with zero attached hydrogens (tertiary/aromatic N) is 6. The maximum absolute atomic E-state index is 10.6. The number of fused-ring (bicyclic) bond motifs is 1. The molecule has 3 aromatic heterocycles. The molecule has 1 aliphatic rings. The highest BCUT2D eigenvalue weighted by molar-refractivity contribution is 7.09. The fraction of sp³-hybridized carbons (Fsp3) is 0.438. The van der Waals surface area contributed by atoms with E-state index in [4.69, 9.17) is 14.6 Å². The number of aryl methyl sites for hydroxylation is 1. The van der Waals surface area contributed by atoms with Gasteiger partial charge >= 0.3 is 12.1 Å². The number of nitrogens with one attached hydrogen (secondary N) is 1. The lowest BCUT2D eigenvalue weighted by molar-refractivity contribution is -0.192. The van der Waals surface area contributed by atoms with Crippen LogP contribution in [0.1, 0.15) is 10.7 Å². The molecule has 0 aliphatic carbocycles. The van der Waals surface area contributed by atoms with Gasteiger partial charge in [-0.25, -0.2) is 14.5 Å². The van der Waals surface area contributed by atoms with Crippen LogP contribution in [0.25, 0.3) is 11.4 Å². The summed E-state index contributed by atoms with van der Waals surface area (Å²) in [6, 6.07) is 1.94. The fourth-order valence-corrected chi connectivity index (χ4v) is 3.26. The maximum Gasteiger partial charge on any atom is 0.490 e. The summed E-state index contributed by atoms with van der Waals surface area (Å²) in [5.74, 6) is -2.76. The van der Waals surface area contributed by atoms with Crippen molar-refractivity contribution in [2.75, 3.05) is 6.54 Å². The van der Waals surface area contributed by atoms with E-state index in [2.05, 4.69) is 25.7 Å². The van der Waals surface area contributed by atoms with E-state index >= 15 is 0 Å². The normalized spacial score (nSPS) is 15.9. The molecule has 2 N–H and O–H groups in total. The van der Waals surface area contributed by atoms with Gasteiger partial charge in [0, 0.05) is 37.9 Å². The van der Waals surface area contributed by atoms with E-state index in [0.717, 1.165) is 35.2 Å². The van der Waals surface area contributed by atoms with Crippen molar-refractivity contribution in [3.63, 3.8) is 0 Å². The summed E-state index contributed by atoms with van der Waals surface area (Å²) in [4.78, 5) is 13.2. The number of rotatable bonds is 5. The number of aromatic nitrogens is 6. The van der Waals surface area contributed by atoms with Gasteiger partial charge < -0.3 is 15.2 Å². The van der Waals surface area contributed by atoms with E-state index in [-0.39, 0.29) is 6.10 Å². The molecule has 1 unspecified atom stereocenters. The summed E-state index contributed by atoms with van der Waals surface area (Å²) in [6.07, 6.45) is -1.42. The Labute approximate surface area is 172 Å². The number of hydrogen-bond donors (Lipinski definition) is 2. The van der Waals surface area contributed by atoms with Crippen LogP contribution in [0.2, 0.25) is 0 Å². The van der Waals surface area contributed by atoms with Crippen molar-refractivity contribution in [3.05, 3.63) is 34.5 Å². The second-order valence-electron chi connectivity index (χ2n) is 6.20. The Morgan fingerprint density at radius 2 is 2.20 bits per heavy atom. The number of alkyl halides is 3. The second kappa shape index (κ2) is 9.32. The van der Waals surface area contributed by atoms with Crippen LogP contribution in [-0.4, -0.2) is 59.7 Å². The van der Waals surface area contributed by atoms with Crippen molar-refractivity contribution in [3.8, 4) is 11.4 Å². The standard InChI is InChI=1S/C14H17N7OS.C2HF3O2/c1-20-11(2-3-17-20)14-12-9-22-10(8-21(12)19-18-14)6-15-7-13-16-4-5-23-13;3-2(4,5)1(6)7/h2-5,10,15H,6-9H2,1H3;(H,6,7). The van der Waals surface area contributed by atoms with Gasteiger partial charge in [-0.2, -0.15) is 18.3 Å². The molecular formula is C16H18F3N7O3S. The first-order valence-corrected chi connectivity index (χ1v) is 9.55. The number of hydrogen-bond acceptors (Lipinski definition) is 8. The first-order valence-electron chi connectivity index (χ1n) is 8.67. The molecule has 30 heavy (non-hydrogen) atoms. The van der Waals surface area contributed by atoms with E-state index in [1.54, 1.807) is 22.2 Å². The molecule has 162 valence electrons. The Bertz CT molecular complexity index is 971. The highest BCUT2D eigenvalue weighted by Gasteiger charge is 2.38. The Morgan fingerprint density at radius 1 is 1.43 bits per heavy atom. The lowest BCUT2D eigenvalue weighted by Crippen LogP contribution is -2.36. The third kappa shape index (κ3) is 5.40. The summed E-state index contributed by atoms with van der Waals surface area (Å²) < 4.78 is 41.4. The summed E-state index contributed by atoms with van der Waals surface area (Å²) in [5.41, 5.74) is 2.80. The second-order valence-corrected chi connectivity index (χ2v) is 7.18. The van der Waals surface area contributed by atoms with E-state index in [1.165, 1.54) is 0 Å². The fourth-order valence-electron chi connectivity index (χ4n) is 2.67. The molecule has 10 nitrogen and oxygen atoms in total. The number of ether oxygens (including phenoxy) is 1. The average molecular weight is 445 g/mol. The monoisotopic (exact) mass is 445 g/mol. The summed E-state index contributed by atoms with van der Waals surface area (Å²) in [6.45, 7) is 2.74. The third-order valence-electron chi connectivity index (χ3n) is 4.11. The van der Waals surface area contributed by atoms with E-state index in [1.807, 2.05) is 29.4 Å². The molecule has 0 spiro atoms. The Kier molecular flexibility index (Phi) is 6.79. The number of aliphatic carboxylic acids is 1. The number of carbonyl (C=O) groups is 1. The topological polar surface area (TPSA) is 120 Å². The molecule has 0 bridgehead atoms. The molecule has 0 saturated heterocycles. The van der Waals surface area contributed by atoms with Crippen molar-refractivity contribution < 1.29 is 27.8 Å². The smallest absolute Gasteiger partial charge is 0.475 e. The Morgan fingerprint density at radius 3 is 2.80 bits per heavy atom. The minimum absolute atomic E-state index is 0.0866. The molecule has 1 atom stereocenters. The van der Waals surface area contributed by atoms with Gasteiger partial charge in [0.05, 0.1) is 30.6 Å². The molecule has 14 heteroatoms. The van der Waals surface area contributed by atoms with E-state index in [9.17, 15) is 13.2 Å². The minimum atomic E-state index is -5.08. The first-order chi connectivity index (χ1) is 14.3. The van der Waals surface area contributed by atoms with Gasteiger partial charge in [-0.3, -0.25) is 4.68 Å². The third-order valence-corrected chi connectivity index (χ3v) is 4.89. The van der Waals surface area contributed by atoms with Crippen molar-refractivity contribution in [1.82, 2.24) is 35.1 Å². The predicted molar refractivity (Wildman–Crippen MR) is 98.3 cm³/mol. The van der Waals surface area contributed by atoms with E-state index in [0.29, 0.717) is 13.2 Å². The molecule has 4 heterocycles. The maximum atomic E-state index is 10.6. The summed E-state index contributed by atoms with van der Waals surface area (Å²) >= 11 is 1.65. The van der Waals surface area contributed by atoms with Crippen LogP contribution < -0.4 is 5.32 Å². The van der Waals surface area contributed by atoms with Crippen LogP contribution in [0.3, 0.4) is 0 Å². The Balaban J connectivity index is 0.000000318. The van der Waals surface area contributed by atoms with Crippen molar-refractivity contribution in [1.29, 1.82) is 0 Å². The van der Waals surface area contributed by atoms with Gasteiger partial charge in [-0.15, -0.1) is 16.4 Å². The first kappa shape index (κ1) is 21.9. The van der Waals surface area contributed by atoms with Crippen LogP contribution >= 0.6 is 11.3 Å². The summed E-state index contributed by atoms with van der Waals surface area (Å²) in [5, 5.41) is 26.3. The summed E-state index contributed by atoms with van der Waals surface area (Å²) in [7, 11) is 1.90. The highest BCUT2D eigenvalue weighted by Crippen LogP contribution is 2.24. The SMILES string of the molecule is Cn1nccc1-c1nnn2c1COC(CNCc1nccs1)C2.O=C(O)C(F)(F)F. The molecule has 0 saturated carbocycles. The molecule has 0 amide bonds. The molecule has 0 fully saturated rings. The molecule has 0 radical (unpaired) electrons. The minimum Gasteiger partial charge on any atom is -0.475 e. The van der Waals surface area contributed by atoms with Gasteiger partial charge in [-0.05, 0) is 6.07 Å². The predicted octanol–water partition coefficient (Wildman–Crippen LogP) is 1.46. The largest absolute Gasteiger partial charge is 0.490 e. The van der Waals surface area contributed by atoms with Gasteiger partial charge in [0.15, 0.2) is 0 Å². The Hall–Kier alpha value is -2.84. The number of thiazole rings is 1. The molecule has 1 aliphatic heterocycles. The number of carboxylic acid groups (broad SMARTS) is 1. The zero-order chi connectivity index (χ0) is 21.7.